The molecule has 1 amide bonds. The third kappa shape index (κ3) is 2.56. The lowest BCUT2D eigenvalue weighted by Gasteiger charge is -2.31. The number of para-hydroxylation sites is 1. The Morgan fingerprint density at radius 1 is 1.20 bits per heavy atom. The highest BCUT2D eigenvalue weighted by Crippen LogP contribution is 2.35. The van der Waals surface area contributed by atoms with Gasteiger partial charge < -0.3 is 14.9 Å². The molecule has 1 fully saturated rings. The van der Waals surface area contributed by atoms with Crippen molar-refractivity contribution in [3.63, 3.8) is 0 Å². The highest BCUT2D eigenvalue weighted by Gasteiger charge is 2.44. The minimum Gasteiger partial charge on any atom is -0.480 e. The number of carbonyl (C=O) groups excluding carboxylic acids is 1. The number of hydrogen-bond acceptors (Lipinski definition) is 4. The van der Waals surface area contributed by atoms with Gasteiger partial charge in [-0.3, -0.25) is 9.48 Å². The standard InChI is InChI=1S/C18H20N4O3/c1-20-11-13(10-19-20)22-15(6-7-16(22)18(24)25)17(23)21-9-8-12-4-2-3-5-14(12)21/h2-5,10-11,15-16H,6-9H2,1H3,(H,24,25). The van der Waals surface area contributed by atoms with Gasteiger partial charge in [0.2, 0.25) is 5.91 Å². The van der Waals surface area contributed by atoms with Gasteiger partial charge in [0.15, 0.2) is 0 Å². The fourth-order valence-electron chi connectivity index (χ4n) is 3.94. The summed E-state index contributed by atoms with van der Waals surface area (Å²) in [5, 5.41) is 13.7. The van der Waals surface area contributed by atoms with E-state index in [-0.39, 0.29) is 5.91 Å². The van der Waals surface area contributed by atoms with Crippen LogP contribution in [0.4, 0.5) is 11.4 Å². The van der Waals surface area contributed by atoms with Gasteiger partial charge >= 0.3 is 5.97 Å². The number of aliphatic carboxylic acids is 1. The van der Waals surface area contributed by atoms with Crippen molar-refractivity contribution in [1.82, 2.24) is 9.78 Å². The first-order chi connectivity index (χ1) is 12.1. The molecule has 0 bridgehead atoms. The topological polar surface area (TPSA) is 78.7 Å². The first-order valence-electron chi connectivity index (χ1n) is 8.45. The molecule has 2 atom stereocenters. The second kappa shape index (κ2) is 5.91. The molecule has 2 aliphatic heterocycles. The van der Waals surface area contributed by atoms with Crippen LogP contribution in [0.1, 0.15) is 18.4 Å². The summed E-state index contributed by atoms with van der Waals surface area (Å²) < 4.78 is 1.62. The fourth-order valence-corrected chi connectivity index (χ4v) is 3.94. The predicted molar refractivity (Wildman–Crippen MR) is 92.6 cm³/mol. The van der Waals surface area contributed by atoms with Crippen LogP contribution in [-0.4, -0.2) is 45.4 Å². The Morgan fingerprint density at radius 2 is 1.96 bits per heavy atom. The Bertz CT molecular complexity index is 831. The van der Waals surface area contributed by atoms with Crippen molar-refractivity contribution in [2.45, 2.75) is 31.3 Å². The van der Waals surface area contributed by atoms with Crippen molar-refractivity contribution in [2.75, 3.05) is 16.3 Å². The minimum absolute atomic E-state index is 0.0300. The maximum absolute atomic E-state index is 13.2. The maximum atomic E-state index is 13.2. The van der Waals surface area contributed by atoms with E-state index in [4.69, 9.17) is 0 Å². The molecule has 1 saturated heterocycles. The van der Waals surface area contributed by atoms with Crippen molar-refractivity contribution in [1.29, 1.82) is 0 Å². The van der Waals surface area contributed by atoms with Gasteiger partial charge in [-0.2, -0.15) is 5.10 Å². The third-order valence-corrected chi connectivity index (χ3v) is 5.10. The molecule has 1 aromatic heterocycles. The Kier molecular flexibility index (Phi) is 3.71. The number of nitrogens with zero attached hydrogens (tertiary/aromatic N) is 4. The lowest BCUT2D eigenvalue weighted by atomic mass is 10.1. The number of amides is 1. The maximum Gasteiger partial charge on any atom is 0.326 e. The van der Waals surface area contributed by atoms with E-state index >= 15 is 0 Å². The van der Waals surface area contributed by atoms with Crippen LogP contribution >= 0.6 is 0 Å². The normalized spacial score (nSPS) is 22.3. The van der Waals surface area contributed by atoms with Gasteiger partial charge in [0.05, 0.1) is 11.9 Å². The number of aryl methyl sites for hydroxylation is 1. The minimum atomic E-state index is -0.902. The van der Waals surface area contributed by atoms with Crippen molar-refractivity contribution in [3.05, 3.63) is 42.2 Å². The van der Waals surface area contributed by atoms with E-state index in [0.29, 0.717) is 25.1 Å². The highest BCUT2D eigenvalue weighted by atomic mass is 16.4. The SMILES string of the molecule is Cn1cc(N2C(C(=O)O)CCC2C(=O)N2CCc3ccccc32)cn1. The fraction of sp³-hybridized carbons (Fsp3) is 0.389. The van der Waals surface area contributed by atoms with E-state index in [9.17, 15) is 14.7 Å². The average molecular weight is 340 g/mol. The molecule has 7 nitrogen and oxygen atoms in total. The summed E-state index contributed by atoms with van der Waals surface area (Å²) in [5.74, 6) is -0.932. The number of fused-ring (bicyclic) bond motifs is 1. The quantitative estimate of drug-likeness (QED) is 0.914. The first-order valence-corrected chi connectivity index (χ1v) is 8.45. The number of anilines is 2. The molecule has 0 radical (unpaired) electrons. The molecule has 0 spiro atoms. The summed E-state index contributed by atoms with van der Waals surface area (Å²) in [4.78, 5) is 28.4. The van der Waals surface area contributed by atoms with Crippen LogP contribution in [0.3, 0.4) is 0 Å². The van der Waals surface area contributed by atoms with E-state index in [1.54, 1.807) is 33.9 Å². The summed E-state index contributed by atoms with van der Waals surface area (Å²) in [6, 6.07) is 6.73. The van der Waals surface area contributed by atoms with E-state index < -0.39 is 18.1 Å². The zero-order valence-electron chi connectivity index (χ0n) is 14.0. The number of hydrogen-bond donors (Lipinski definition) is 1. The van der Waals surface area contributed by atoms with Crippen molar-refractivity contribution < 1.29 is 14.7 Å². The van der Waals surface area contributed by atoms with Gasteiger partial charge in [0.1, 0.15) is 12.1 Å². The first kappa shape index (κ1) is 15.7. The largest absolute Gasteiger partial charge is 0.480 e. The van der Waals surface area contributed by atoms with E-state index in [1.165, 1.54) is 0 Å². The van der Waals surface area contributed by atoms with E-state index in [1.807, 2.05) is 24.3 Å². The van der Waals surface area contributed by atoms with Crippen LogP contribution in [0.2, 0.25) is 0 Å². The third-order valence-electron chi connectivity index (χ3n) is 5.10. The van der Waals surface area contributed by atoms with Gasteiger partial charge in [0, 0.05) is 25.5 Å². The Hall–Kier alpha value is -2.83. The second-order valence-corrected chi connectivity index (χ2v) is 6.60. The summed E-state index contributed by atoms with van der Waals surface area (Å²) in [6.45, 7) is 0.646. The Balaban J connectivity index is 1.66. The van der Waals surface area contributed by atoms with Crippen molar-refractivity contribution in [3.8, 4) is 0 Å². The molecule has 0 aliphatic carbocycles. The molecule has 25 heavy (non-hydrogen) atoms. The van der Waals surface area contributed by atoms with Gasteiger partial charge in [-0.15, -0.1) is 0 Å². The van der Waals surface area contributed by atoms with Crippen LogP contribution in [-0.2, 0) is 23.1 Å². The summed E-state index contributed by atoms with van der Waals surface area (Å²) in [7, 11) is 1.78. The number of rotatable bonds is 3. The van der Waals surface area contributed by atoms with Crippen LogP contribution in [0.25, 0.3) is 0 Å². The smallest absolute Gasteiger partial charge is 0.326 e. The number of aromatic nitrogens is 2. The number of carboxylic acid groups (broad SMARTS) is 1. The van der Waals surface area contributed by atoms with Crippen LogP contribution in [0, 0.1) is 0 Å². The predicted octanol–water partition coefficient (Wildman–Crippen LogP) is 1.43. The molecule has 1 N–H and O–H groups in total. The lowest BCUT2D eigenvalue weighted by molar-refractivity contribution is -0.138. The molecule has 4 rings (SSSR count). The average Bonchev–Trinajstić information content (AvgIpc) is 3.31. The van der Waals surface area contributed by atoms with Crippen LogP contribution in [0.5, 0.6) is 0 Å². The highest BCUT2D eigenvalue weighted by molar-refractivity contribution is 6.02. The molecule has 2 aliphatic rings. The van der Waals surface area contributed by atoms with Gasteiger partial charge in [-0.1, -0.05) is 18.2 Å². The molecule has 3 heterocycles. The van der Waals surface area contributed by atoms with Crippen molar-refractivity contribution >= 4 is 23.3 Å². The van der Waals surface area contributed by atoms with E-state index in [2.05, 4.69) is 5.10 Å². The molecular formula is C18H20N4O3. The lowest BCUT2D eigenvalue weighted by Crippen LogP contribution is -2.49. The summed E-state index contributed by atoms with van der Waals surface area (Å²) >= 11 is 0. The number of benzene rings is 1. The Labute approximate surface area is 145 Å². The Morgan fingerprint density at radius 3 is 2.68 bits per heavy atom. The summed E-state index contributed by atoms with van der Waals surface area (Å²) in [5.41, 5.74) is 2.78. The molecule has 1 aromatic carbocycles. The van der Waals surface area contributed by atoms with Gasteiger partial charge in [-0.25, -0.2) is 4.79 Å². The molecule has 2 unspecified atom stereocenters. The van der Waals surface area contributed by atoms with Gasteiger partial charge in [-0.05, 0) is 30.9 Å². The van der Waals surface area contributed by atoms with Crippen LogP contribution in [0.15, 0.2) is 36.7 Å². The zero-order valence-corrected chi connectivity index (χ0v) is 14.0. The second-order valence-electron chi connectivity index (χ2n) is 6.60. The summed E-state index contributed by atoms with van der Waals surface area (Å²) in [6.07, 6.45) is 5.21. The van der Waals surface area contributed by atoms with E-state index in [0.717, 1.165) is 17.7 Å². The number of carboxylic acids is 1. The van der Waals surface area contributed by atoms with Crippen molar-refractivity contribution in [2.24, 2.45) is 7.05 Å². The van der Waals surface area contributed by atoms with Crippen LogP contribution < -0.4 is 9.80 Å². The monoisotopic (exact) mass is 340 g/mol. The zero-order chi connectivity index (χ0) is 17.6. The van der Waals surface area contributed by atoms with Gasteiger partial charge in [0.25, 0.3) is 0 Å². The molecule has 130 valence electrons. The molecule has 7 heteroatoms. The number of carbonyl (C=O) groups is 2. The molecular weight excluding hydrogens is 320 g/mol. The molecule has 2 aromatic rings. The molecule has 0 saturated carbocycles.